The first-order valence-corrected chi connectivity index (χ1v) is 8.95. The number of hydrogen-bond donors (Lipinski definition) is 1. The number of carbonyl (C=O) groups excluding carboxylic acids is 2. The van der Waals surface area contributed by atoms with E-state index < -0.39 is 5.54 Å². The van der Waals surface area contributed by atoms with Crippen molar-refractivity contribution in [3.63, 3.8) is 0 Å². The highest BCUT2D eigenvalue weighted by atomic mass is 32.2. The Hall–Kier alpha value is -0.710. The average molecular weight is 300 g/mol. The fraction of sp³-hybridized carbons (Fsp3) is 0.867. The number of hydrogen-bond acceptors (Lipinski definition) is 3. The van der Waals surface area contributed by atoms with Crippen LogP contribution >= 0.6 is 11.8 Å². The van der Waals surface area contributed by atoms with Crippen molar-refractivity contribution < 1.29 is 9.59 Å². The number of rotatable bonds is 7. The molecule has 1 fully saturated rings. The van der Waals surface area contributed by atoms with E-state index in [1.165, 1.54) is 0 Å². The number of carbonyl (C=O) groups is 2. The van der Waals surface area contributed by atoms with Crippen molar-refractivity contribution in [2.45, 2.75) is 58.5 Å². The van der Waals surface area contributed by atoms with Crippen LogP contribution in [0.15, 0.2) is 0 Å². The lowest BCUT2D eigenvalue weighted by Crippen LogP contribution is -2.71. The van der Waals surface area contributed by atoms with Crippen molar-refractivity contribution in [2.75, 3.05) is 18.6 Å². The normalized spacial score (nSPS) is 22.3. The largest absolute Gasteiger partial charge is 0.340 e. The summed E-state index contributed by atoms with van der Waals surface area (Å²) >= 11 is 1.77. The maximum absolute atomic E-state index is 12.9. The minimum atomic E-state index is -0.693. The predicted octanol–water partition coefficient (Wildman–Crippen LogP) is 2.28. The summed E-state index contributed by atoms with van der Waals surface area (Å²) in [6.45, 7) is 8.63. The smallest absolute Gasteiger partial charge is 0.248 e. The molecule has 2 amide bonds. The summed E-state index contributed by atoms with van der Waals surface area (Å²) in [4.78, 5) is 27.1. The Morgan fingerprint density at radius 2 is 1.90 bits per heavy atom. The van der Waals surface area contributed by atoms with Crippen molar-refractivity contribution in [3.8, 4) is 0 Å². The Balaban J connectivity index is 3.01. The van der Waals surface area contributed by atoms with E-state index in [0.29, 0.717) is 19.4 Å². The quantitative estimate of drug-likeness (QED) is 0.734. The molecule has 0 aromatic carbocycles. The molecule has 0 aliphatic carbocycles. The van der Waals surface area contributed by atoms with E-state index in [4.69, 9.17) is 0 Å². The second-order valence-electron chi connectivity index (χ2n) is 5.81. The average Bonchev–Trinajstić information content (AvgIpc) is 2.42. The highest BCUT2D eigenvalue weighted by molar-refractivity contribution is 7.98. The fourth-order valence-corrected chi connectivity index (χ4v) is 3.34. The van der Waals surface area contributed by atoms with Gasteiger partial charge in [0.25, 0.3) is 0 Å². The minimum Gasteiger partial charge on any atom is -0.340 e. The third-order valence-electron chi connectivity index (χ3n) is 4.22. The molecule has 1 N–H and O–H groups in total. The first-order chi connectivity index (χ1) is 9.43. The molecule has 0 radical (unpaired) electrons. The monoisotopic (exact) mass is 300 g/mol. The number of piperazine rings is 1. The highest BCUT2D eigenvalue weighted by Gasteiger charge is 2.49. The van der Waals surface area contributed by atoms with Crippen LogP contribution in [0.1, 0.15) is 47.0 Å². The molecule has 1 unspecified atom stereocenters. The van der Waals surface area contributed by atoms with Gasteiger partial charge in [0.2, 0.25) is 11.8 Å². The molecule has 1 atom stereocenters. The molecule has 0 saturated carbocycles. The van der Waals surface area contributed by atoms with Crippen LogP contribution < -0.4 is 5.32 Å². The molecule has 0 bridgehead atoms. The van der Waals surface area contributed by atoms with E-state index in [-0.39, 0.29) is 23.8 Å². The van der Waals surface area contributed by atoms with Crippen molar-refractivity contribution in [3.05, 3.63) is 0 Å². The molecule has 1 heterocycles. The zero-order valence-electron chi connectivity index (χ0n) is 13.4. The summed E-state index contributed by atoms with van der Waals surface area (Å²) < 4.78 is 0. The first-order valence-electron chi connectivity index (χ1n) is 7.55. The maximum Gasteiger partial charge on any atom is 0.248 e. The number of nitrogens with one attached hydrogen (secondary N) is 1. The van der Waals surface area contributed by atoms with Gasteiger partial charge in [-0.2, -0.15) is 11.8 Å². The van der Waals surface area contributed by atoms with Gasteiger partial charge in [-0.05, 0) is 37.2 Å². The Labute approximate surface area is 127 Å². The lowest BCUT2D eigenvalue weighted by molar-refractivity contribution is -0.157. The van der Waals surface area contributed by atoms with Crippen LogP contribution in [-0.4, -0.2) is 46.8 Å². The van der Waals surface area contributed by atoms with E-state index in [2.05, 4.69) is 11.6 Å². The Kier molecular flexibility index (Phi) is 6.37. The van der Waals surface area contributed by atoms with Crippen molar-refractivity contribution >= 4 is 23.6 Å². The molecule has 1 rings (SSSR count). The van der Waals surface area contributed by atoms with Gasteiger partial charge in [0, 0.05) is 6.54 Å². The maximum atomic E-state index is 12.9. The molecule has 5 heteroatoms. The van der Waals surface area contributed by atoms with Gasteiger partial charge in [0.05, 0.1) is 0 Å². The second kappa shape index (κ2) is 7.34. The molecular formula is C15H28N2O2S. The van der Waals surface area contributed by atoms with E-state index >= 15 is 0 Å². The molecule has 0 spiro atoms. The van der Waals surface area contributed by atoms with Crippen LogP contribution in [0.3, 0.4) is 0 Å². The van der Waals surface area contributed by atoms with Crippen LogP contribution in [0.4, 0.5) is 0 Å². The molecule has 0 aromatic rings. The fourth-order valence-electron chi connectivity index (χ4n) is 2.92. The second-order valence-corrected chi connectivity index (χ2v) is 6.80. The lowest BCUT2D eigenvalue weighted by Gasteiger charge is -2.46. The predicted molar refractivity (Wildman–Crippen MR) is 84.8 cm³/mol. The van der Waals surface area contributed by atoms with Gasteiger partial charge in [-0.1, -0.05) is 27.7 Å². The topological polar surface area (TPSA) is 49.4 Å². The standard InChI is InChI=1S/C15H28N2O2S/c1-6-15(7-2)14(19)17(9-8-10-20-5)12(11(3)4)13(18)16-15/h11-12H,6-10H2,1-5H3,(H,16,18). The molecule has 1 aliphatic rings. The summed E-state index contributed by atoms with van der Waals surface area (Å²) in [6, 6.07) is -0.324. The number of amides is 2. The van der Waals surface area contributed by atoms with Crippen molar-refractivity contribution in [1.29, 1.82) is 0 Å². The molecule has 1 saturated heterocycles. The zero-order valence-corrected chi connectivity index (χ0v) is 14.2. The minimum absolute atomic E-state index is 0.00690. The molecule has 116 valence electrons. The summed E-state index contributed by atoms with van der Waals surface area (Å²) in [7, 11) is 0. The zero-order chi connectivity index (χ0) is 15.3. The number of thioether (sulfide) groups is 1. The van der Waals surface area contributed by atoms with Gasteiger partial charge >= 0.3 is 0 Å². The Morgan fingerprint density at radius 1 is 1.30 bits per heavy atom. The van der Waals surface area contributed by atoms with Gasteiger partial charge in [-0.25, -0.2) is 0 Å². The van der Waals surface area contributed by atoms with Crippen molar-refractivity contribution in [1.82, 2.24) is 10.2 Å². The molecular weight excluding hydrogens is 272 g/mol. The molecule has 20 heavy (non-hydrogen) atoms. The van der Waals surface area contributed by atoms with Gasteiger partial charge < -0.3 is 10.2 Å². The van der Waals surface area contributed by atoms with Gasteiger partial charge in [0.1, 0.15) is 11.6 Å². The van der Waals surface area contributed by atoms with E-state index in [1.807, 2.05) is 32.6 Å². The van der Waals surface area contributed by atoms with Crippen molar-refractivity contribution in [2.24, 2.45) is 5.92 Å². The summed E-state index contributed by atoms with van der Waals surface area (Å²) in [5.41, 5.74) is -0.693. The van der Waals surface area contributed by atoms with Crippen LogP contribution in [0.2, 0.25) is 0 Å². The van der Waals surface area contributed by atoms with Gasteiger partial charge in [-0.15, -0.1) is 0 Å². The first kappa shape index (κ1) is 17.3. The third kappa shape index (κ3) is 3.30. The van der Waals surface area contributed by atoms with Gasteiger partial charge in [-0.3, -0.25) is 9.59 Å². The summed E-state index contributed by atoms with van der Waals surface area (Å²) in [5, 5.41) is 3.00. The van der Waals surface area contributed by atoms with E-state index in [9.17, 15) is 9.59 Å². The summed E-state index contributed by atoms with van der Waals surface area (Å²) in [6.07, 6.45) is 4.30. The SMILES string of the molecule is CCC1(CC)NC(=O)C(C(C)C)N(CCCSC)C1=O. The van der Waals surface area contributed by atoms with Crippen LogP contribution in [0.25, 0.3) is 0 Å². The van der Waals surface area contributed by atoms with E-state index in [1.54, 1.807) is 11.8 Å². The highest BCUT2D eigenvalue weighted by Crippen LogP contribution is 2.28. The molecule has 1 aliphatic heterocycles. The summed E-state index contributed by atoms with van der Waals surface area (Å²) in [5.74, 6) is 1.26. The third-order valence-corrected chi connectivity index (χ3v) is 4.92. The lowest BCUT2D eigenvalue weighted by atomic mass is 9.85. The number of nitrogens with zero attached hydrogens (tertiary/aromatic N) is 1. The Bertz CT molecular complexity index is 354. The van der Waals surface area contributed by atoms with E-state index in [0.717, 1.165) is 12.2 Å². The Morgan fingerprint density at radius 3 is 2.35 bits per heavy atom. The molecule has 0 aromatic heterocycles. The van der Waals surface area contributed by atoms with Crippen LogP contribution in [0, 0.1) is 5.92 Å². The van der Waals surface area contributed by atoms with Gasteiger partial charge in [0.15, 0.2) is 0 Å². The van der Waals surface area contributed by atoms with Crippen LogP contribution in [-0.2, 0) is 9.59 Å². The molecule has 4 nitrogen and oxygen atoms in total. The van der Waals surface area contributed by atoms with Crippen LogP contribution in [0.5, 0.6) is 0 Å².